The van der Waals surface area contributed by atoms with E-state index in [1.807, 2.05) is 6.92 Å². The number of nitrogens with one attached hydrogen (secondary N) is 1. The van der Waals surface area contributed by atoms with Crippen LogP contribution in [-0.4, -0.2) is 57.6 Å². The summed E-state index contributed by atoms with van der Waals surface area (Å²) < 4.78 is 44.6. The number of likely N-dealkylation sites (N-methyl/N-ethyl adjacent to an activating group) is 1. The van der Waals surface area contributed by atoms with Crippen LogP contribution in [0.2, 0.25) is 0 Å². The number of halogens is 1. The first-order chi connectivity index (χ1) is 16.6. The molecule has 192 valence electrons. The molecule has 35 heavy (non-hydrogen) atoms. The number of methoxy groups -OCH3 is 1. The quantitative estimate of drug-likeness (QED) is 0.449. The summed E-state index contributed by atoms with van der Waals surface area (Å²) in [5.74, 6) is -0.419. The number of hydrogen-bond donors (Lipinski definition) is 1. The van der Waals surface area contributed by atoms with Gasteiger partial charge in [-0.3, -0.25) is 13.9 Å². The molecular weight excluding hydrogens is 473 g/mol. The lowest BCUT2D eigenvalue weighted by Gasteiger charge is -2.31. The molecule has 2 aromatic rings. The predicted octanol–water partition coefficient (Wildman–Crippen LogP) is 3.32. The van der Waals surface area contributed by atoms with E-state index in [1.54, 1.807) is 43.3 Å². The minimum Gasteiger partial charge on any atom is -0.497 e. The Hall–Kier alpha value is -3.14. The van der Waals surface area contributed by atoms with Crippen molar-refractivity contribution in [2.75, 3.05) is 30.8 Å². The standard InChI is InChI=1S/C25H34FN3O5S/c1-5-23(25(31)27-6-2)28(18-19-12-14-20(26)15-13-19)24(30)11-8-16-29(35(4,32)33)21-9-7-10-22(17-21)34-3/h7,9-10,12-15,17,23H,5-6,8,11,16,18H2,1-4H3,(H,27,31)/t23-/m1/s1. The van der Waals surface area contributed by atoms with Gasteiger partial charge in [0, 0.05) is 32.1 Å². The number of nitrogens with zero attached hydrogens (tertiary/aromatic N) is 2. The number of sulfonamides is 1. The van der Waals surface area contributed by atoms with Gasteiger partial charge in [-0.2, -0.15) is 0 Å². The van der Waals surface area contributed by atoms with Gasteiger partial charge in [0.15, 0.2) is 0 Å². The molecule has 0 aromatic heterocycles. The number of ether oxygens (including phenoxy) is 1. The molecule has 2 aromatic carbocycles. The van der Waals surface area contributed by atoms with Crippen molar-refractivity contribution in [3.63, 3.8) is 0 Å². The van der Waals surface area contributed by atoms with Crippen molar-refractivity contribution >= 4 is 27.5 Å². The maximum atomic E-state index is 13.4. The van der Waals surface area contributed by atoms with E-state index >= 15 is 0 Å². The lowest BCUT2D eigenvalue weighted by molar-refractivity contribution is -0.141. The van der Waals surface area contributed by atoms with Gasteiger partial charge in [0.2, 0.25) is 21.8 Å². The van der Waals surface area contributed by atoms with Crippen LogP contribution in [0.1, 0.15) is 38.7 Å². The van der Waals surface area contributed by atoms with Gasteiger partial charge < -0.3 is 15.0 Å². The zero-order valence-electron chi connectivity index (χ0n) is 20.7. The molecule has 0 heterocycles. The fraction of sp³-hybridized carbons (Fsp3) is 0.440. The third-order valence-electron chi connectivity index (χ3n) is 5.50. The summed E-state index contributed by atoms with van der Waals surface area (Å²) in [6.07, 6.45) is 1.79. The summed E-state index contributed by atoms with van der Waals surface area (Å²) in [6, 6.07) is 11.8. The van der Waals surface area contributed by atoms with E-state index in [2.05, 4.69) is 5.32 Å². The molecule has 0 saturated heterocycles. The van der Waals surface area contributed by atoms with E-state index in [9.17, 15) is 22.4 Å². The van der Waals surface area contributed by atoms with Crippen molar-refractivity contribution in [2.45, 2.75) is 45.7 Å². The second-order valence-corrected chi connectivity index (χ2v) is 10.0. The molecule has 2 amide bonds. The van der Waals surface area contributed by atoms with Crippen LogP contribution in [0.4, 0.5) is 10.1 Å². The van der Waals surface area contributed by atoms with Crippen molar-refractivity contribution in [1.82, 2.24) is 10.2 Å². The molecule has 0 spiro atoms. The summed E-state index contributed by atoms with van der Waals surface area (Å²) >= 11 is 0. The maximum absolute atomic E-state index is 13.4. The first-order valence-corrected chi connectivity index (χ1v) is 13.4. The number of benzene rings is 2. The van der Waals surface area contributed by atoms with E-state index in [4.69, 9.17) is 4.74 Å². The molecule has 0 aliphatic rings. The first kappa shape index (κ1) is 28.1. The highest BCUT2D eigenvalue weighted by atomic mass is 32.2. The van der Waals surface area contributed by atoms with Crippen LogP contribution in [0.5, 0.6) is 5.75 Å². The molecular formula is C25H34FN3O5S. The Balaban J connectivity index is 2.20. The topological polar surface area (TPSA) is 96.0 Å². The largest absolute Gasteiger partial charge is 0.497 e. The minimum absolute atomic E-state index is 0.0348. The molecule has 0 fully saturated rings. The van der Waals surface area contributed by atoms with Crippen LogP contribution in [0, 0.1) is 5.82 Å². The maximum Gasteiger partial charge on any atom is 0.242 e. The highest BCUT2D eigenvalue weighted by Crippen LogP contribution is 2.24. The molecule has 1 N–H and O–H groups in total. The average Bonchev–Trinajstić information content (AvgIpc) is 2.82. The summed E-state index contributed by atoms with van der Waals surface area (Å²) in [5.41, 5.74) is 1.13. The Morgan fingerprint density at radius 2 is 1.80 bits per heavy atom. The molecule has 0 saturated carbocycles. The van der Waals surface area contributed by atoms with Crippen molar-refractivity contribution in [3.8, 4) is 5.75 Å². The van der Waals surface area contributed by atoms with Crippen molar-refractivity contribution < 1.29 is 27.1 Å². The highest BCUT2D eigenvalue weighted by Gasteiger charge is 2.28. The SMILES string of the molecule is CCNC(=O)[C@@H](CC)N(Cc1ccc(F)cc1)C(=O)CCCN(c1cccc(OC)c1)S(C)(=O)=O. The molecule has 0 aliphatic carbocycles. The van der Waals surface area contributed by atoms with Gasteiger partial charge in [-0.15, -0.1) is 0 Å². The Morgan fingerprint density at radius 3 is 2.37 bits per heavy atom. The number of carbonyl (C=O) groups excluding carboxylic acids is 2. The number of anilines is 1. The third-order valence-corrected chi connectivity index (χ3v) is 6.69. The molecule has 10 heteroatoms. The molecule has 0 radical (unpaired) electrons. The fourth-order valence-electron chi connectivity index (χ4n) is 3.77. The Bertz CT molecular complexity index is 1090. The summed E-state index contributed by atoms with van der Waals surface area (Å²) in [5, 5.41) is 2.76. The van der Waals surface area contributed by atoms with Crippen molar-refractivity contribution in [1.29, 1.82) is 0 Å². The fourth-order valence-corrected chi connectivity index (χ4v) is 4.72. The van der Waals surface area contributed by atoms with Crippen molar-refractivity contribution in [2.24, 2.45) is 0 Å². The summed E-state index contributed by atoms with van der Waals surface area (Å²) in [7, 11) is -2.11. The van der Waals surface area contributed by atoms with E-state index in [0.29, 0.717) is 30.0 Å². The van der Waals surface area contributed by atoms with Crippen LogP contribution in [-0.2, 0) is 26.2 Å². The monoisotopic (exact) mass is 507 g/mol. The summed E-state index contributed by atoms with van der Waals surface area (Å²) in [6.45, 7) is 4.27. The van der Waals surface area contributed by atoms with Crippen LogP contribution in [0.25, 0.3) is 0 Å². The van der Waals surface area contributed by atoms with Gasteiger partial charge in [0.25, 0.3) is 0 Å². The molecule has 0 unspecified atom stereocenters. The van der Waals surface area contributed by atoms with E-state index in [-0.39, 0.29) is 43.6 Å². The van der Waals surface area contributed by atoms with Crippen LogP contribution in [0.15, 0.2) is 48.5 Å². The minimum atomic E-state index is -3.60. The average molecular weight is 508 g/mol. The van der Waals surface area contributed by atoms with Gasteiger partial charge in [-0.05, 0) is 49.6 Å². The van der Waals surface area contributed by atoms with E-state index < -0.39 is 16.1 Å². The zero-order chi connectivity index (χ0) is 26.0. The molecule has 2 rings (SSSR count). The zero-order valence-corrected chi connectivity index (χ0v) is 21.5. The van der Waals surface area contributed by atoms with Gasteiger partial charge in [-0.1, -0.05) is 25.1 Å². The van der Waals surface area contributed by atoms with Crippen LogP contribution < -0.4 is 14.4 Å². The van der Waals surface area contributed by atoms with Crippen LogP contribution >= 0.6 is 0 Å². The highest BCUT2D eigenvalue weighted by molar-refractivity contribution is 7.92. The van der Waals surface area contributed by atoms with Gasteiger partial charge in [0.05, 0.1) is 19.1 Å². The number of rotatable bonds is 13. The lowest BCUT2D eigenvalue weighted by atomic mass is 10.1. The Labute approximate surface area is 207 Å². The smallest absolute Gasteiger partial charge is 0.242 e. The Kier molecular flexibility index (Phi) is 10.5. The van der Waals surface area contributed by atoms with Crippen LogP contribution in [0.3, 0.4) is 0 Å². The second-order valence-electron chi connectivity index (χ2n) is 8.11. The molecule has 1 atom stereocenters. The third kappa shape index (κ3) is 8.24. The number of carbonyl (C=O) groups is 2. The summed E-state index contributed by atoms with van der Waals surface area (Å²) in [4.78, 5) is 27.4. The molecule has 8 nitrogen and oxygen atoms in total. The molecule has 0 bridgehead atoms. The number of hydrogen-bond acceptors (Lipinski definition) is 5. The van der Waals surface area contributed by atoms with Gasteiger partial charge in [0.1, 0.15) is 17.6 Å². The van der Waals surface area contributed by atoms with E-state index in [1.165, 1.54) is 28.4 Å². The lowest BCUT2D eigenvalue weighted by Crippen LogP contribution is -2.49. The van der Waals surface area contributed by atoms with Gasteiger partial charge >= 0.3 is 0 Å². The number of amides is 2. The second kappa shape index (κ2) is 13.1. The normalized spacial score (nSPS) is 12.0. The Morgan fingerprint density at radius 1 is 1.11 bits per heavy atom. The predicted molar refractivity (Wildman–Crippen MR) is 134 cm³/mol. The van der Waals surface area contributed by atoms with Crippen molar-refractivity contribution in [3.05, 3.63) is 59.9 Å². The molecule has 0 aliphatic heterocycles. The van der Waals surface area contributed by atoms with Gasteiger partial charge in [-0.25, -0.2) is 12.8 Å². The first-order valence-electron chi connectivity index (χ1n) is 11.5. The van der Waals surface area contributed by atoms with E-state index in [0.717, 1.165) is 6.26 Å².